The van der Waals surface area contributed by atoms with E-state index < -0.39 is 0 Å². The Morgan fingerprint density at radius 3 is 2.73 bits per heavy atom. The van der Waals surface area contributed by atoms with Crippen molar-refractivity contribution in [2.24, 2.45) is 0 Å². The molecular formula is C13H19NO. The molecule has 82 valence electrons. The highest BCUT2D eigenvalue weighted by atomic mass is 16.5. The first-order valence-corrected chi connectivity index (χ1v) is 5.15. The second-order valence-corrected chi connectivity index (χ2v) is 3.84. The maximum absolute atomic E-state index is 5.67. The van der Waals surface area contributed by atoms with Gasteiger partial charge in [0.2, 0.25) is 0 Å². The molecule has 0 radical (unpaired) electrons. The Morgan fingerprint density at radius 1 is 1.40 bits per heavy atom. The van der Waals surface area contributed by atoms with Gasteiger partial charge in [0.25, 0.3) is 0 Å². The van der Waals surface area contributed by atoms with Gasteiger partial charge in [-0.05, 0) is 38.1 Å². The molecule has 0 aliphatic rings. The van der Waals surface area contributed by atoms with Crippen molar-refractivity contribution < 1.29 is 4.74 Å². The van der Waals surface area contributed by atoms with Gasteiger partial charge < -0.3 is 10.1 Å². The van der Waals surface area contributed by atoms with Crippen molar-refractivity contribution in [3.8, 4) is 5.75 Å². The van der Waals surface area contributed by atoms with Crippen LogP contribution in [0.2, 0.25) is 0 Å². The number of hydrogen-bond acceptors (Lipinski definition) is 2. The summed E-state index contributed by atoms with van der Waals surface area (Å²) in [6.45, 7) is 9.43. The molecule has 0 saturated carbocycles. The molecule has 2 heteroatoms. The third-order valence-electron chi connectivity index (χ3n) is 2.19. The van der Waals surface area contributed by atoms with Gasteiger partial charge in [0, 0.05) is 6.54 Å². The lowest BCUT2D eigenvalue weighted by molar-refractivity contribution is 0.346. The van der Waals surface area contributed by atoms with E-state index in [1.54, 1.807) is 0 Å². The molecular weight excluding hydrogens is 186 g/mol. The van der Waals surface area contributed by atoms with E-state index in [0.29, 0.717) is 6.61 Å². The zero-order chi connectivity index (χ0) is 11.3. The molecule has 0 bridgehead atoms. The van der Waals surface area contributed by atoms with Crippen molar-refractivity contribution in [3.05, 3.63) is 41.5 Å². The lowest BCUT2D eigenvalue weighted by Gasteiger charge is -2.11. The van der Waals surface area contributed by atoms with Crippen molar-refractivity contribution in [2.45, 2.75) is 13.8 Å². The van der Waals surface area contributed by atoms with Crippen molar-refractivity contribution in [1.82, 2.24) is 5.32 Å². The largest absolute Gasteiger partial charge is 0.489 e. The molecule has 1 N–H and O–H groups in total. The topological polar surface area (TPSA) is 21.3 Å². The van der Waals surface area contributed by atoms with Crippen molar-refractivity contribution >= 4 is 0 Å². The average Bonchev–Trinajstić information content (AvgIpc) is 2.17. The molecule has 0 atom stereocenters. The minimum absolute atomic E-state index is 0.574. The Labute approximate surface area is 92.0 Å². The van der Waals surface area contributed by atoms with Gasteiger partial charge in [-0.25, -0.2) is 0 Å². The Bertz CT molecular complexity index is 344. The second-order valence-electron chi connectivity index (χ2n) is 3.84. The molecule has 15 heavy (non-hydrogen) atoms. The fraction of sp³-hybridized carbons (Fsp3) is 0.385. The van der Waals surface area contributed by atoms with Crippen molar-refractivity contribution in [1.29, 1.82) is 0 Å². The molecule has 0 aliphatic heterocycles. The summed E-state index contributed by atoms with van der Waals surface area (Å²) >= 11 is 0. The molecule has 0 spiro atoms. The van der Waals surface area contributed by atoms with E-state index in [-0.39, 0.29) is 0 Å². The highest BCUT2D eigenvalue weighted by molar-refractivity contribution is 5.35. The molecule has 1 aromatic rings. The van der Waals surface area contributed by atoms with E-state index in [1.165, 1.54) is 11.1 Å². The number of aryl methyl sites for hydroxylation is 2. The fourth-order valence-electron chi connectivity index (χ4n) is 1.44. The van der Waals surface area contributed by atoms with Gasteiger partial charge in [-0.2, -0.15) is 0 Å². The van der Waals surface area contributed by atoms with Crippen molar-refractivity contribution in [3.63, 3.8) is 0 Å². The normalized spacial score (nSPS) is 10.1. The monoisotopic (exact) mass is 205 g/mol. The molecule has 0 unspecified atom stereocenters. The summed E-state index contributed by atoms with van der Waals surface area (Å²) in [5.74, 6) is 0.942. The molecule has 0 fully saturated rings. The van der Waals surface area contributed by atoms with Crippen LogP contribution in [0.5, 0.6) is 5.75 Å². The smallest absolute Gasteiger partial charge is 0.122 e. The highest BCUT2D eigenvalue weighted by Crippen LogP contribution is 2.18. The molecule has 0 saturated heterocycles. The summed E-state index contributed by atoms with van der Waals surface area (Å²) in [4.78, 5) is 0. The minimum Gasteiger partial charge on any atom is -0.489 e. The molecule has 0 aromatic heterocycles. The summed E-state index contributed by atoms with van der Waals surface area (Å²) in [6.07, 6.45) is 0. The summed E-state index contributed by atoms with van der Waals surface area (Å²) in [5, 5.41) is 3.05. The van der Waals surface area contributed by atoms with Crippen LogP contribution < -0.4 is 10.1 Å². The maximum atomic E-state index is 5.67. The summed E-state index contributed by atoms with van der Waals surface area (Å²) in [6, 6.07) is 6.19. The number of rotatable bonds is 5. The quantitative estimate of drug-likeness (QED) is 0.746. The van der Waals surface area contributed by atoms with Gasteiger partial charge in [-0.15, -0.1) is 0 Å². The summed E-state index contributed by atoms with van der Waals surface area (Å²) in [5.41, 5.74) is 3.48. The van der Waals surface area contributed by atoms with Crippen LogP contribution in [0.4, 0.5) is 0 Å². The van der Waals surface area contributed by atoms with Gasteiger partial charge in [-0.1, -0.05) is 24.3 Å². The lowest BCUT2D eigenvalue weighted by Crippen LogP contribution is -2.14. The number of benzene rings is 1. The zero-order valence-electron chi connectivity index (χ0n) is 9.76. The number of nitrogens with one attached hydrogen (secondary N) is 1. The highest BCUT2D eigenvalue weighted by Gasteiger charge is 2.00. The fourth-order valence-corrected chi connectivity index (χ4v) is 1.44. The van der Waals surface area contributed by atoms with Gasteiger partial charge >= 0.3 is 0 Å². The molecule has 0 amide bonds. The number of hydrogen-bond donors (Lipinski definition) is 1. The summed E-state index contributed by atoms with van der Waals surface area (Å²) < 4.78 is 5.67. The summed E-state index contributed by atoms with van der Waals surface area (Å²) in [7, 11) is 1.91. The van der Waals surface area contributed by atoms with Crippen LogP contribution in [0, 0.1) is 13.8 Å². The maximum Gasteiger partial charge on any atom is 0.122 e. The van der Waals surface area contributed by atoms with Crippen LogP contribution in [0.25, 0.3) is 0 Å². The van der Waals surface area contributed by atoms with E-state index in [4.69, 9.17) is 4.74 Å². The Kier molecular flexibility index (Phi) is 4.37. The Morgan fingerprint density at radius 2 is 2.13 bits per heavy atom. The van der Waals surface area contributed by atoms with Gasteiger partial charge in [-0.3, -0.25) is 0 Å². The van der Waals surface area contributed by atoms with Crippen molar-refractivity contribution in [2.75, 3.05) is 20.2 Å². The third-order valence-corrected chi connectivity index (χ3v) is 2.19. The van der Waals surface area contributed by atoms with Gasteiger partial charge in [0.1, 0.15) is 12.4 Å². The predicted octanol–water partition coefficient (Wildman–Crippen LogP) is 2.46. The Hall–Kier alpha value is -1.28. The minimum atomic E-state index is 0.574. The average molecular weight is 205 g/mol. The van der Waals surface area contributed by atoms with Gasteiger partial charge in [0.05, 0.1) is 0 Å². The van der Waals surface area contributed by atoms with Gasteiger partial charge in [0.15, 0.2) is 0 Å². The number of likely N-dealkylation sites (N-methyl/N-ethyl adjacent to an activating group) is 1. The first-order chi connectivity index (χ1) is 7.13. The van der Waals surface area contributed by atoms with Crippen LogP contribution in [0.3, 0.4) is 0 Å². The van der Waals surface area contributed by atoms with Crippen LogP contribution in [0.15, 0.2) is 30.4 Å². The van der Waals surface area contributed by atoms with E-state index in [9.17, 15) is 0 Å². The van der Waals surface area contributed by atoms with Crippen LogP contribution in [0.1, 0.15) is 11.1 Å². The SMILES string of the molecule is C=C(CNC)COc1ccc(C)cc1C. The first kappa shape index (κ1) is 11.8. The van der Waals surface area contributed by atoms with E-state index in [2.05, 4.69) is 37.9 Å². The molecule has 1 rings (SSSR count). The molecule has 1 aromatic carbocycles. The molecule has 0 aliphatic carbocycles. The standard InChI is InChI=1S/C13H19NO/c1-10-5-6-13(12(3)7-10)15-9-11(2)8-14-4/h5-7,14H,2,8-9H2,1,3-4H3. The van der Waals surface area contributed by atoms with E-state index in [1.807, 2.05) is 13.1 Å². The second kappa shape index (κ2) is 5.56. The first-order valence-electron chi connectivity index (χ1n) is 5.15. The zero-order valence-corrected chi connectivity index (χ0v) is 9.76. The number of ether oxygens (including phenoxy) is 1. The van der Waals surface area contributed by atoms with E-state index >= 15 is 0 Å². The van der Waals surface area contributed by atoms with E-state index in [0.717, 1.165) is 17.9 Å². The van der Waals surface area contributed by atoms with Crippen LogP contribution >= 0.6 is 0 Å². The lowest BCUT2D eigenvalue weighted by atomic mass is 10.1. The van der Waals surface area contributed by atoms with Crippen LogP contribution in [-0.2, 0) is 0 Å². The molecule has 0 heterocycles. The third kappa shape index (κ3) is 3.76. The van der Waals surface area contributed by atoms with Crippen LogP contribution in [-0.4, -0.2) is 20.2 Å². The predicted molar refractivity (Wildman–Crippen MR) is 64.5 cm³/mol. The molecule has 2 nitrogen and oxygen atoms in total. The Balaban J connectivity index is 2.54.